The second-order valence-corrected chi connectivity index (χ2v) is 8.26. The van der Waals surface area contributed by atoms with E-state index >= 15 is 0 Å². The highest BCUT2D eigenvalue weighted by Gasteiger charge is 2.33. The van der Waals surface area contributed by atoms with E-state index in [-0.39, 0.29) is 24.3 Å². The van der Waals surface area contributed by atoms with Crippen LogP contribution in [0.15, 0.2) is 59.8 Å². The number of nitrogen functional groups attached to an aromatic ring is 1. The van der Waals surface area contributed by atoms with Gasteiger partial charge in [0, 0.05) is 6.07 Å². The lowest BCUT2D eigenvalue weighted by molar-refractivity contribution is -0.119. The van der Waals surface area contributed by atoms with Crippen molar-refractivity contribution >= 4 is 17.7 Å². The summed E-state index contributed by atoms with van der Waals surface area (Å²) < 4.78 is 12.3. The number of hydrogen-bond donors (Lipinski definition) is 2. The number of nitrogens with zero attached hydrogens (tertiary/aromatic N) is 3. The first-order valence-corrected chi connectivity index (χ1v) is 11.1. The maximum atomic E-state index is 12.6. The molecule has 0 radical (unpaired) electrons. The molecule has 0 spiro atoms. The maximum absolute atomic E-state index is 12.6. The summed E-state index contributed by atoms with van der Waals surface area (Å²) in [4.78, 5) is 12.6. The van der Waals surface area contributed by atoms with Crippen molar-refractivity contribution in [2.24, 2.45) is 5.92 Å². The molecule has 9 heteroatoms. The van der Waals surface area contributed by atoms with E-state index in [1.165, 1.54) is 16.4 Å². The number of nitrogens with one attached hydrogen (secondary N) is 1. The molecule has 1 aliphatic rings. The van der Waals surface area contributed by atoms with E-state index in [0.29, 0.717) is 28.4 Å². The standard InChI is InChI=1S/C22H25N5O3S/c1-29-17-8-5-9-18(12-17)30-13-19-25-26-22(27(19)23)31-14-20(28)24-21(16-10-11-16)15-6-3-2-4-7-15/h2-9,12,16,21H,10-11,13-14,23H2,1H3,(H,24,28). The highest BCUT2D eigenvalue weighted by molar-refractivity contribution is 7.99. The van der Waals surface area contributed by atoms with Crippen LogP contribution in [0, 0.1) is 5.92 Å². The Morgan fingerprint density at radius 2 is 1.97 bits per heavy atom. The molecule has 8 nitrogen and oxygen atoms in total. The Labute approximate surface area is 185 Å². The Morgan fingerprint density at radius 3 is 2.71 bits per heavy atom. The van der Waals surface area contributed by atoms with Crippen molar-refractivity contribution in [1.82, 2.24) is 20.2 Å². The summed E-state index contributed by atoms with van der Waals surface area (Å²) in [7, 11) is 1.60. The molecule has 1 fully saturated rings. The summed E-state index contributed by atoms with van der Waals surface area (Å²) in [5.74, 6) is 8.57. The van der Waals surface area contributed by atoms with Crippen LogP contribution in [0.2, 0.25) is 0 Å². The maximum Gasteiger partial charge on any atom is 0.230 e. The van der Waals surface area contributed by atoms with E-state index in [0.717, 1.165) is 18.4 Å². The molecule has 0 bridgehead atoms. The number of benzene rings is 2. The largest absolute Gasteiger partial charge is 0.497 e. The van der Waals surface area contributed by atoms with E-state index in [1.54, 1.807) is 13.2 Å². The number of ether oxygens (including phenoxy) is 2. The van der Waals surface area contributed by atoms with Gasteiger partial charge in [-0.2, -0.15) is 0 Å². The third kappa shape index (κ3) is 5.49. The van der Waals surface area contributed by atoms with Gasteiger partial charge in [0.1, 0.15) is 18.1 Å². The zero-order valence-electron chi connectivity index (χ0n) is 17.2. The van der Waals surface area contributed by atoms with Crippen molar-refractivity contribution in [2.75, 3.05) is 18.7 Å². The Hall–Kier alpha value is -3.20. The molecule has 31 heavy (non-hydrogen) atoms. The number of thioether (sulfide) groups is 1. The van der Waals surface area contributed by atoms with Gasteiger partial charge in [0.05, 0.1) is 18.9 Å². The molecular weight excluding hydrogens is 414 g/mol. The average Bonchev–Trinajstić information content (AvgIpc) is 3.59. The average molecular weight is 440 g/mol. The van der Waals surface area contributed by atoms with Gasteiger partial charge in [-0.1, -0.05) is 48.2 Å². The van der Waals surface area contributed by atoms with Gasteiger partial charge in [-0.05, 0) is 36.5 Å². The lowest BCUT2D eigenvalue weighted by Crippen LogP contribution is -2.31. The number of carbonyl (C=O) groups is 1. The van der Waals surface area contributed by atoms with Crippen LogP contribution in [0.1, 0.15) is 30.3 Å². The quantitative estimate of drug-likeness (QED) is 0.370. The van der Waals surface area contributed by atoms with Gasteiger partial charge in [-0.15, -0.1) is 10.2 Å². The fraction of sp³-hybridized carbons (Fsp3) is 0.318. The molecule has 1 saturated carbocycles. The number of carbonyl (C=O) groups excluding carboxylic acids is 1. The van der Waals surface area contributed by atoms with Gasteiger partial charge < -0.3 is 20.6 Å². The second-order valence-electron chi connectivity index (χ2n) is 7.32. The zero-order valence-corrected chi connectivity index (χ0v) is 18.0. The van der Waals surface area contributed by atoms with Crippen molar-refractivity contribution in [1.29, 1.82) is 0 Å². The first kappa shape index (κ1) is 21.0. The highest BCUT2D eigenvalue weighted by Crippen LogP contribution is 2.41. The lowest BCUT2D eigenvalue weighted by atomic mass is 10.0. The number of aromatic nitrogens is 3. The molecule has 2 aromatic carbocycles. The lowest BCUT2D eigenvalue weighted by Gasteiger charge is -2.18. The van der Waals surface area contributed by atoms with Gasteiger partial charge in [0.25, 0.3) is 0 Å². The molecule has 3 N–H and O–H groups in total. The summed E-state index contributed by atoms with van der Waals surface area (Å²) in [5, 5.41) is 11.8. The number of amides is 1. The fourth-order valence-electron chi connectivity index (χ4n) is 3.25. The smallest absolute Gasteiger partial charge is 0.230 e. The van der Waals surface area contributed by atoms with Gasteiger partial charge in [-0.25, -0.2) is 4.68 Å². The van der Waals surface area contributed by atoms with Crippen LogP contribution in [0.3, 0.4) is 0 Å². The Balaban J connectivity index is 1.30. The molecule has 1 unspecified atom stereocenters. The summed E-state index contributed by atoms with van der Waals surface area (Å²) in [6.07, 6.45) is 2.28. The normalized spacial score (nSPS) is 14.1. The van der Waals surface area contributed by atoms with Crippen LogP contribution in [-0.4, -0.2) is 33.6 Å². The molecule has 1 aromatic heterocycles. The van der Waals surface area contributed by atoms with Crippen LogP contribution in [0.4, 0.5) is 0 Å². The summed E-state index contributed by atoms with van der Waals surface area (Å²) in [5.41, 5.74) is 1.14. The van der Waals surface area contributed by atoms with Crippen molar-refractivity contribution in [3.8, 4) is 11.5 Å². The van der Waals surface area contributed by atoms with Crippen LogP contribution < -0.4 is 20.6 Å². The Morgan fingerprint density at radius 1 is 1.19 bits per heavy atom. The van der Waals surface area contributed by atoms with E-state index in [2.05, 4.69) is 27.6 Å². The third-order valence-electron chi connectivity index (χ3n) is 5.05. The first-order chi connectivity index (χ1) is 15.1. The van der Waals surface area contributed by atoms with E-state index in [9.17, 15) is 4.79 Å². The van der Waals surface area contributed by atoms with Gasteiger partial charge in [-0.3, -0.25) is 4.79 Å². The van der Waals surface area contributed by atoms with Gasteiger partial charge in [0.15, 0.2) is 5.82 Å². The molecule has 0 aliphatic heterocycles. The highest BCUT2D eigenvalue weighted by atomic mass is 32.2. The molecule has 4 rings (SSSR count). The first-order valence-electron chi connectivity index (χ1n) is 10.1. The van der Waals surface area contributed by atoms with Crippen LogP contribution in [0.5, 0.6) is 11.5 Å². The van der Waals surface area contributed by atoms with Crippen molar-refractivity contribution in [3.05, 3.63) is 66.0 Å². The number of hydrogen-bond acceptors (Lipinski definition) is 7. The SMILES string of the molecule is COc1cccc(OCc2nnc(SCC(=O)NC(c3ccccc3)C3CC3)n2N)c1. The molecule has 1 amide bonds. The van der Waals surface area contributed by atoms with Gasteiger partial charge in [0.2, 0.25) is 11.1 Å². The van der Waals surface area contributed by atoms with Crippen LogP contribution >= 0.6 is 11.8 Å². The molecule has 162 valence electrons. The van der Waals surface area contributed by atoms with E-state index < -0.39 is 0 Å². The fourth-order valence-corrected chi connectivity index (χ4v) is 3.94. The van der Waals surface area contributed by atoms with Crippen molar-refractivity contribution < 1.29 is 14.3 Å². The summed E-state index contributed by atoms with van der Waals surface area (Å²) >= 11 is 1.25. The van der Waals surface area contributed by atoms with Crippen molar-refractivity contribution in [2.45, 2.75) is 30.6 Å². The number of methoxy groups -OCH3 is 1. The Kier molecular flexibility index (Phi) is 6.61. The molecular formula is C22H25N5O3S. The molecule has 3 aromatic rings. The predicted molar refractivity (Wildman–Crippen MR) is 118 cm³/mol. The minimum atomic E-state index is -0.0528. The molecule has 1 aliphatic carbocycles. The van der Waals surface area contributed by atoms with E-state index in [1.807, 2.05) is 36.4 Å². The van der Waals surface area contributed by atoms with E-state index in [4.69, 9.17) is 15.3 Å². The monoisotopic (exact) mass is 439 g/mol. The summed E-state index contributed by atoms with van der Waals surface area (Å²) in [6, 6.07) is 17.4. The predicted octanol–water partition coefficient (Wildman–Crippen LogP) is 2.94. The minimum Gasteiger partial charge on any atom is -0.497 e. The van der Waals surface area contributed by atoms with Crippen molar-refractivity contribution in [3.63, 3.8) is 0 Å². The van der Waals surface area contributed by atoms with Crippen LogP contribution in [0.25, 0.3) is 0 Å². The zero-order chi connectivity index (χ0) is 21.6. The molecule has 1 heterocycles. The van der Waals surface area contributed by atoms with Crippen LogP contribution in [-0.2, 0) is 11.4 Å². The minimum absolute atomic E-state index is 0.0527. The second kappa shape index (κ2) is 9.74. The molecule has 1 atom stereocenters. The third-order valence-corrected chi connectivity index (χ3v) is 5.99. The topological polar surface area (TPSA) is 104 Å². The Bertz CT molecular complexity index is 1020. The molecule has 0 saturated heterocycles. The number of nitrogens with two attached hydrogens (primary N) is 1. The van der Waals surface area contributed by atoms with Gasteiger partial charge >= 0.3 is 0 Å². The number of rotatable bonds is 10. The summed E-state index contributed by atoms with van der Waals surface area (Å²) in [6.45, 7) is 0.154.